The Morgan fingerprint density at radius 1 is 0.971 bits per heavy atom. The van der Waals surface area contributed by atoms with Gasteiger partial charge in [0.15, 0.2) is 11.5 Å². The lowest BCUT2D eigenvalue weighted by atomic mass is 10.1. The lowest BCUT2D eigenvalue weighted by Crippen LogP contribution is -2.24. The summed E-state index contributed by atoms with van der Waals surface area (Å²) >= 11 is 6.03. The highest BCUT2D eigenvalue weighted by Crippen LogP contribution is 2.34. The van der Waals surface area contributed by atoms with Crippen LogP contribution >= 0.6 is 11.6 Å². The molecule has 2 heterocycles. The molecule has 6 nitrogen and oxygen atoms in total. The van der Waals surface area contributed by atoms with Gasteiger partial charge in [0, 0.05) is 36.1 Å². The van der Waals surface area contributed by atoms with Crippen LogP contribution in [0.4, 0.5) is 5.69 Å². The molecule has 5 rings (SSSR count). The Morgan fingerprint density at radius 3 is 2.51 bits per heavy atom. The van der Waals surface area contributed by atoms with Crippen LogP contribution in [0.25, 0.3) is 11.0 Å². The average Bonchev–Trinajstić information content (AvgIpc) is 3.45. The van der Waals surface area contributed by atoms with Crippen molar-refractivity contribution < 1.29 is 14.3 Å². The molecule has 3 aromatic carbocycles. The van der Waals surface area contributed by atoms with Gasteiger partial charge in [-0.1, -0.05) is 35.9 Å². The zero-order chi connectivity index (χ0) is 24.2. The second-order valence-corrected chi connectivity index (χ2v) is 9.14. The zero-order valence-electron chi connectivity index (χ0n) is 19.7. The molecule has 1 atom stereocenters. The second kappa shape index (κ2) is 10.4. The van der Waals surface area contributed by atoms with Gasteiger partial charge in [-0.05, 0) is 61.4 Å². The summed E-state index contributed by atoms with van der Waals surface area (Å²) in [7, 11) is 1.65. The fourth-order valence-corrected chi connectivity index (χ4v) is 4.81. The van der Waals surface area contributed by atoms with E-state index in [9.17, 15) is 4.79 Å². The summed E-state index contributed by atoms with van der Waals surface area (Å²) in [6.45, 7) is 2.03. The van der Waals surface area contributed by atoms with Gasteiger partial charge in [-0.25, -0.2) is 4.98 Å². The number of fused-ring (bicyclic) bond motifs is 1. The molecule has 0 bridgehead atoms. The maximum absolute atomic E-state index is 12.9. The highest BCUT2D eigenvalue weighted by Gasteiger charge is 2.34. The molecule has 0 spiro atoms. The van der Waals surface area contributed by atoms with Gasteiger partial charge in [0.25, 0.3) is 0 Å². The van der Waals surface area contributed by atoms with E-state index in [2.05, 4.69) is 10.6 Å². The topological polar surface area (TPSA) is 56.6 Å². The maximum Gasteiger partial charge on any atom is 0.227 e. The Morgan fingerprint density at radius 2 is 1.71 bits per heavy atom. The van der Waals surface area contributed by atoms with E-state index >= 15 is 0 Å². The van der Waals surface area contributed by atoms with Crippen molar-refractivity contribution in [3.63, 3.8) is 0 Å². The lowest BCUT2D eigenvalue weighted by molar-refractivity contribution is -0.117. The third kappa shape index (κ3) is 4.98. The number of hydrogen-bond acceptors (Lipinski definition) is 4. The van der Waals surface area contributed by atoms with E-state index in [-0.39, 0.29) is 11.8 Å². The summed E-state index contributed by atoms with van der Waals surface area (Å²) in [5.41, 5.74) is 2.94. The van der Waals surface area contributed by atoms with Crippen molar-refractivity contribution >= 4 is 34.2 Å². The van der Waals surface area contributed by atoms with Crippen molar-refractivity contribution in [2.24, 2.45) is 0 Å². The number of aryl methyl sites for hydroxylation is 1. The number of carbonyl (C=O) groups excluding carboxylic acids is 1. The van der Waals surface area contributed by atoms with Crippen LogP contribution in [-0.2, 0) is 11.3 Å². The van der Waals surface area contributed by atoms with Gasteiger partial charge in [0.2, 0.25) is 5.91 Å². The Hall–Kier alpha value is -3.51. The summed E-state index contributed by atoms with van der Waals surface area (Å²) in [6.07, 6.45) is 2.28. The number of amides is 1. The highest BCUT2D eigenvalue weighted by atomic mass is 35.5. The van der Waals surface area contributed by atoms with E-state index < -0.39 is 0 Å². The van der Waals surface area contributed by atoms with Gasteiger partial charge in [-0.3, -0.25) is 4.79 Å². The number of aromatic nitrogens is 2. The SMILES string of the molecule is COc1ccccc1OCCCCn1c([C@H]2CC(=O)N(c3ccc(Cl)cc3)C2)nc2ccccc21. The van der Waals surface area contributed by atoms with Crippen molar-refractivity contribution in [1.82, 2.24) is 9.55 Å². The number of para-hydroxylation sites is 4. The summed E-state index contributed by atoms with van der Waals surface area (Å²) in [5, 5.41) is 0.661. The van der Waals surface area contributed by atoms with Gasteiger partial charge >= 0.3 is 0 Å². The second-order valence-electron chi connectivity index (χ2n) is 8.70. The van der Waals surface area contributed by atoms with Crippen molar-refractivity contribution in [1.29, 1.82) is 0 Å². The van der Waals surface area contributed by atoms with Crippen LogP contribution in [0.3, 0.4) is 0 Å². The number of hydrogen-bond donors (Lipinski definition) is 0. The Kier molecular flexibility index (Phi) is 6.91. The van der Waals surface area contributed by atoms with Gasteiger partial charge in [0.1, 0.15) is 5.82 Å². The average molecular weight is 490 g/mol. The molecule has 0 saturated carbocycles. The molecule has 1 aromatic heterocycles. The third-order valence-electron chi connectivity index (χ3n) is 6.42. The zero-order valence-corrected chi connectivity index (χ0v) is 20.4. The van der Waals surface area contributed by atoms with Crippen LogP contribution in [0, 0.1) is 0 Å². The number of anilines is 1. The van der Waals surface area contributed by atoms with Crippen LogP contribution < -0.4 is 14.4 Å². The van der Waals surface area contributed by atoms with Gasteiger partial charge in [-0.2, -0.15) is 0 Å². The number of nitrogens with zero attached hydrogens (tertiary/aromatic N) is 3. The largest absolute Gasteiger partial charge is 0.493 e. The number of halogens is 1. The number of carbonyl (C=O) groups is 1. The van der Waals surface area contributed by atoms with Gasteiger partial charge in [-0.15, -0.1) is 0 Å². The first-order valence-electron chi connectivity index (χ1n) is 11.9. The van der Waals surface area contributed by atoms with E-state index in [0.29, 0.717) is 24.6 Å². The third-order valence-corrected chi connectivity index (χ3v) is 6.67. The van der Waals surface area contributed by atoms with E-state index in [0.717, 1.165) is 53.4 Å². The summed E-state index contributed by atoms with van der Waals surface area (Å²) in [6, 6.07) is 23.3. The minimum Gasteiger partial charge on any atom is -0.493 e. The number of unbranched alkanes of at least 4 members (excludes halogenated alkanes) is 1. The molecule has 1 saturated heterocycles. The molecule has 1 amide bonds. The van der Waals surface area contributed by atoms with E-state index in [1.54, 1.807) is 7.11 Å². The van der Waals surface area contributed by atoms with Crippen LogP contribution in [0.15, 0.2) is 72.8 Å². The normalized spacial score (nSPS) is 15.7. The highest BCUT2D eigenvalue weighted by molar-refractivity contribution is 6.30. The van der Waals surface area contributed by atoms with Gasteiger partial charge in [0.05, 0.1) is 24.8 Å². The molecule has 180 valence electrons. The van der Waals surface area contributed by atoms with E-state index in [4.69, 9.17) is 26.1 Å². The smallest absolute Gasteiger partial charge is 0.227 e. The van der Waals surface area contributed by atoms with Crippen molar-refractivity contribution in [3.8, 4) is 11.5 Å². The monoisotopic (exact) mass is 489 g/mol. The Labute approximate surface area is 210 Å². The molecule has 1 aliphatic rings. The molecular formula is C28H28ClN3O3. The molecule has 1 aliphatic heterocycles. The molecule has 7 heteroatoms. The standard InChI is InChI=1S/C28H28ClN3O3/c1-34-25-10-4-5-11-26(25)35-17-7-6-16-31-24-9-3-2-8-23(24)30-28(31)20-18-27(33)32(19-20)22-14-12-21(29)13-15-22/h2-5,8-15,20H,6-7,16-19H2,1H3/t20-/m0/s1. The predicted molar refractivity (Wildman–Crippen MR) is 139 cm³/mol. The molecular weight excluding hydrogens is 462 g/mol. The van der Waals surface area contributed by atoms with Crippen molar-refractivity contribution in [2.75, 3.05) is 25.2 Å². The van der Waals surface area contributed by atoms with E-state index in [1.165, 1.54) is 0 Å². The lowest BCUT2D eigenvalue weighted by Gasteiger charge is -2.17. The van der Waals surface area contributed by atoms with Gasteiger partial charge < -0.3 is 18.9 Å². The Balaban J connectivity index is 1.29. The Bertz CT molecular complexity index is 1320. The molecule has 0 unspecified atom stereocenters. The molecule has 0 N–H and O–H groups in total. The number of benzene rings is 3. The van der Waals surface area contributed by atoms with E-state index in [1.807, 2.05) is 71.6 Å². The number of rotatable bonds is 9. The summed E-state index contributed by atoms with van der Waals surface area (Å²) < 4.78 is 13.6. The minimum absolute atomic E-state index is 0.0374. The van der Waals surface area contributed by atoms with Crippen LogP contribution in [0.5, 0.6) is 11.5 Å². The molecule has 0 radical (unpaired) electrons. The fraction of sp³-hybridized carbons (Fsp3) is 0.286. The number of imidazole rings is 1. The van der Waals surface area contributed by atoms with Crippen molar-refractivity contribution in [3.05, 3.63) is 83.6 Å². The summed E-state index contributed by atoms with van der Waals surface area (Å²) in [5.74, 6) is 2.63. The quantitative estimate of drug-likeness (QED) is 0.267. The molecule has 0 aliphatic carbocycles. The minimum atomic E-state index is 0.0374. The molecule has 1 fully saturated rings. The van der Waals surface area contributed by atoms with Crippen LogP contribution in [0.2, 0.25) is 5.02 Å². The van der Waals surface area contributed by atoms with Crippen molar-refractivity contribution in [2.45, 2.75) is 31.7 Å². The first-order chi connectivity index (χ1) is 17.1. The predicted octanol–water partition coefficient (Wildman–Crippen LogP) is 6.08. The molecule has 35 heavy (non-hydrogen) atoms. The fourth-order valence-electron chi connectivity index (χ4n) is 4.68. The van der Waals surface area contributed by atoms with Crippen LogP contribution in [-0.4, -0.2) is 35.7 Å². The number of methoxy groups -OCH3 is 1. The molecule has 4 aromatic rings. The maximum atomic E-state index is 12.9. The first-order valence-corrected chi connectivity index (χ1v) is 12.3. The first kappa shape index (κ1) is 23.2. The van der Waals surface area contributed by atoms with Crippen LogP contribution in [0.1, 0.15) is 31.0 Å². The summed E-state index contributed by atoms with van der Waals surface area (Å²) in [4.78, 5) is 19.7. The number of ether oxygens (including phenoxy) is 2.